The van der Waals surface area contributed by atoms with Crippen molar-refractivity contribution in [3.8, 4) is 0 Å². The van der Waals surface area contributed by atoms with Crippen LogP contribution in [0.5, 0.6) is 0 Å². The van der Waals surface area contributed by atoms with Gasteiger partial charge in [-0.1, -0.05) is 0 Å². The third-order valence-corrected chi connectivity index (χ3v) is 3.51. The quantitative estimate of drug-likeness (QED) is 0.823. The van der Waals surface area contributed by atoms with Crippen molar-refractivity contribution in [2.24, 2.45) is 0 Å². The van der Waals surface area contributed by atoms with Gasteiger partial charge in [-0.05, 0) is 24.6 Å². The number of amides is 1. The standard InChI is InChI=1S/C9H9ClFNO3S/c1-5-7(9(13)12-2)3-6(11)4-8(5)16(10,14)15/h3-4H,1-2H3,(H,12,13). The molecule has 1 aromatic rings. The minimum atomic E-state index is -4.07. The molecule has 0 bridgehead atoms. The number of carbonyl (C=O) groups is 1. The van der Waals surface area contributed by atoms with Crippen molar-refractivity contribution in [3.05, 3.63) is 29.1 Å². The molecular formula is C9H9ClFNO3S. The number of halogens is 2. The molecule has 88 valence electrons. The molecule has 0 fully saturated rings. The van der Waals surface area contributed by atoms with E-state index in [1.807, 2.05) is 0 Å². The lowest BCUT2D eigenvalue weighted by atomic mass is 10.1. The Labute approximate surface area is 96.8 Å². The predicted molar refractivity (Wildman–Crippen MR) is 57.6 cm³/mol. The molecule has 0 aromatic heterocycles. The summed E-state index contributed by atoms with van der Waals surface area (Å²) in [4.78, 5) is 11.0. The maximum atomic E-state index is 13.1. The summed E-state index contributed by atoms with van der Waals surface area (Å²) in [6.45, 7) is 1.39. The second-order valence-corrected chi connectivity index (χ2v) is 5.63. The lowest BCUT2D eigenvalue weighted by molar-refractivity contribution is 0.0961. The minimum Gasteiger partial charge on any atom is -0.355 e. The number of hydrogen-bond acceptors (Lipinski definition) is 3. The summed E-state index contributed by atoms with van der Waals surface area (Å²) < 4.78 is 35.4. The Morgan fingerprint density at radius 2 is 2.00 bits per heavy atom. The van der Waals surface area contributed by atoms with Crippen LogP contribution in [0.1, 0.15) is 15.9 Å². The van der Waals surface area contributed by atoms with Crippen LogP contribution in [0.15, 0.2) is 17.0 Å². The fraction of sp³-hybridized carbons (Fsp3) is 0.222. The van der Waals surface area contributed by atoms with E-state index in [0.717, 1.165) is 12.1 Å². The van der Waals surface area contributed by atoms with E-state index in [9.17, 15) is 17.6 Å². The first kappa shape index (κ1) is 12.9. The summed E-state index contributed by atoms with van der Waals surface area (Å²) in [6.07, 6.45) is 0. The van der Waals surface area contributed by atoms with Crippen molar-refractivity contribution < 1.29 is 17.6 Å². The SMILES string of the molecule is CNC(=O)c1cc(F)cc(S(=O)(=O)Cl)c1C. The van der Waals surface area contributed by atoms with Gasteiger partial charge in [0.15, 0.2) is 0 Å². The first-order chi connectivity index (χ1) is 7.27. The van der Waals surface area contributed by atoms with E-state index >= 15 is 0 Å². The van der Waals surface area contributed by atoms with Gasteiger partial charge in [-0.2, -0.15) is 0 Å². The van der Waals surface area contributed by atoms with Crippen LogP contribution < -0.4 is 5.32 Å². The number of carbonyl (C=O) groups excluding carboxylic acids is 1. The van der Waals surface area contributed by atoms with E-state index in [4.69, 9.17) is 10.7 Å². The first-order valence-electron chi connectivity index (χ1n) is 4.24. The van der Waals surface area contributed by atoms with Gasteiger partial charge in [-0.3, -0.25) is 4.79 Å². The molecule has 1 rings (SSSR count). The molecule has 0 aliphatic rings. The van der Waals surface area contributed by atoms with Gasteiger partial charge in [0.25, 0.3) is 15.0 Å². The molecule has 4 nitrogen and oxygen atoms in total. The molecule has 1 amide bonds. The molecule has 0 atom stereocenters. The van der Waals surface area contributed by atoms with Crippen LogP contribution in [0.3, 0.4) is 0 Å². The van der Waals surface area contributed by atoms with E-state index in [1.165, 1.54) is 14.0 Å². The van der Waals surface area contributed by atoms with Crippen LogP contribution in [-0.2, 0) is 9.05 Å². The molecule has 1 N–H and O–H groups in total. The van der Waals surface area contributed by atoms with Crippen molar-refractivity contribution in [2.45, 2.75) is 11.8 Å². The summed E-state index contributed by atoms with van der Waals surface area (Å²) in [6, 6.07) is 1.74. The first-order valence-corrected chi connectivity index (χ1v) is 6.55. The Bertz CT molecular complexity index is 542. The fourth-order valence-electron chi connectivity index (χ4n) is 1.28. The molecule has 0 unspecified atom stereocenters. The Balaban J connectivity index is 3.56. The number of nitrogens with one attached hydrogen (secondary N) is 1. The molecule has 1 aromatic carbocycles. The summed E-state index contributed by atoms with van der Waals surface area (Å²) in [5.41, 5.74) is 0.0671. The van der Waals surface area contributed by atoms with Gasteiger partial charge in [0, 0.05) is 23.3 Å². The predicted octanol–water partition coefficient (Wildman–Crippen LogP) is 1.42. The average Bonchev–Trinajstić information content (AvgIpc) is 2.18. The number of benzene rings is 1. The smallest absolute Gasteiger partial charge is 0.261 e. The van der Waals surface area contributed by atoms with Crippen LogP contribution >= 0.6 is 10.7 Å². The summed E-state index contributed by atoms with van der Waals surface area (Å²) >= 11 is 0. The summed E-state index contributed by atoms with van der Waals surface area (Å²) in [5, 5.41) is 2.28. The Morgan fingerprint density at radius 3 is 2.44 bits per heavy atom. The van der Waals surface area contributed by atoms with Gasteiger partial charge < -0.3 is 5.32 Å². The molecule has 16 heavy (non-hydrogen) atoms. The number of hydrogen-bond donors (Lipinski definition) is 1. The van der Waals surface area contributed by atoms with Crippen LogP contribution in [-0.4, -0.2) is 21.4 Å². The molecule has 0 spiro atoms. The van der Waals surface area contributed by atoms with Crippen molar-refractivity contribution in [1.82, 2.24) is 5.32 Å². The number of rotatable bonds is 2. The van der Waals surface area contributed by atoms with Crippen molar-refractivity contribution in [3.63, 3.8) is 0 Å². The highest BCUT2D eigenvalue weighted by molar-refractivity contribution is 8.13. The fourth-order valence-corrected chi connectivity index (χ4v) is 2.49. The minimum absolute atomic E-state index is 0.0540. The van der Waals surface area contributed by atoms with E-state index < -0.39 is 25.7 Å². The van der Waals surface area contributed by atoms with E-state index in [0.29, 0.717) is 0 Å². The molecule has 7 heteroatoms. The summed E-state index contributed by atoms with van der Waals surface area (Å²) in [5.74, 6) is -1.40. The van der Waals surface area contributed by atoms with Crippen LogP contribution in [0.25, 0.3) is 0 Å². The van der Waals surface area contributed by atoms with Crippen LogP contribution in [0.2, 0.25) is 0 Å². The molecule has 0 radical (unpaired) electrons. The molecule has 0 aliphatic carbocycles. The third-order valence-electron chi connectivity index (χ3n) is 2.06. The Hall–Kier alpha value is -1.14. The second-order valence-electron chi connectivity index (χ2n) is 3.09. The third kappa shape index (κ3) is 2.51. The van der Waals surface area contributed by atoms with Crippen molar-refractivity contribution in [2.75, 3.05) is 7.05 Å². The zero-order chi connectivity index (χ0) is 12.5. The lowest BCUT2D eigenvalue weighted by Crippen LogP contribution is -2.20. The zero-order valence-corrected chi connectivity index (χ0v) is 10.1. The molecular weight excluding hydrogens is 257 g/mol. The highest BCUT2D eigenvalue weighted by Crippen LogP contribution is 2.24. The van der Waals surface area contributed by atoms with E-state index in [2.05, 4.69) is 5.32 Å². The van der Waals surface area contributed by atoms with Crippen molar-refractivity contribution in [1.29, 1.82) is 0 Å². The van der Waals surface area contributed by atoms with Gasteiger partial charge in [0.2, 0.25) is 0 Å². The zero-order valence-electron chi connectivity index (χ0n) is 8.54. The highest BCUT2D eigenvalue weighted by atomic mass is 35.7. The maximum Gasteiger partial charge on any atom is 0.261 e. The van der Waals surface area contributed by atoms with Crippen LogP contribution in [0, 0.1) is 12.7 Å². The lowest BCUT2D eigenvalue weighted by Gasteiger charge is -2.08. The van der Waals surface area contributed by atoms with Crippen LogP contribution in [0.4, 0.5) is 4.39 Å². The normalized spacial score (nSPS) is 11.2. The van der Waals surface area contributed by atoms with Gasteiger partial charge in [-0.15, -0.1) is 0 Å². The maximum absolute atomic E-state index is 13.1. The van der Waals surface area contributed by atoms with Gasteiger partial charge in [0.05, 0.1) is 4.90 Å². The Kier molecular flexibility index (Phi) is 3.54. The average molecular weight is 266 g/mol. The molecule has 0 saturated heterocycles. The van der Waals surface area contributed by atoms with Gasteiger partial charge in [-0.25, -0.2) is 12.8 Å². The largest absolute Gasteiger partial charge is 0.355 e. The monoisotopic (exact) mass is 265 g/mol. The van der Waals surface area contributed by atoms with Crippen molar-refractivity contribution >= 4 is 25.6 Å². The van der Waals surface area contributed by atoms with Gasteiger partial charge in [0.1, 0.15) is 5.82 Å². The van der Waals surface area contributed by atoms with E-state index in [-0.39, 0.29) is 11.1 Å². The Morgan fingerprint density at radius 1 is 1.44 bits per heavy atom. The van der Waals surface area contributed by atoms with Gasteiger partial charge >= 0.3 is 0 Å². The highest BCUT2D eigenvalue weighted by Gasteiger charge is 2.20. The second kappa shape index (κ2) is 4.39. The molecule has 0 heterocycles. The summed E-state index contributed by atoms with van der Waals surface area (Å²) in [7, 11) is 2.42. The van der Waals surface area contributed by atoms with E-state index in [1.54, 1.807) is 0 Å². The molecule has 0 saturated carbocycles. The topological polar surface area (TPSA) is 63.2 Å². The molecule has 0 aliphatic heterocycles.